The Morgan fingerprint density at radius 1 is 1.47 bits per heavy atom. The van der Waals surface area contributed by atoms with Crippen molar-refractivity contribution in [3.63, 3.8) is 0 Å². The highest BCUT2D eigenvalue weighted by Gasteiger charge is 2.41. The topological polar surface area (TPSA) is 60.2 Å². The van der Waals surface area contributed by atoms with Gasteiger partial charge in [0.25, 0.3) is 0 Å². The van der Waals surface area contributed by atoms with Gasteiger partial charge in [-0.15, -0.1) is 0 Å². The Kier molecular flexibility index (Phi) is 4.77. The average molecular weight is 263 g/mol. The van der Waals surface area contributed by atoms with Crippen molar-refractivity contribution >= 4 is 5.82 Å². The number of rotatable bonds is 6. The van der Waals surface area contributed by atoms with Crippen molar-refractivity contribution in [2.75, 3.05) is 19.4 Å². The van der Waals surface area contributed by atoms with Gasteiger partial charge in [0, 0.05) is 19.3 Å². The molecule has 1 atom stereocenters. The lowest BCUT2D eigenvalue weighted by atomic mass is 9.87. The van der Waals surface area contributed by atoms with E-state index in [9.17, 15) is 0 Å². The van der Waals surface area contributed by atoms with Crippen LogP contribution in [0.1, 0.15) is 38.2 Å². The van der Waals surface area contributed by atoms with Gasteiger partial charge < -0.3 is 15.8 Å². The molecular formula is C15H25N3O. The summed E-state index contributed by atoms with van der Waals surface area (Å²) in [6.45, 7) is 3.10. The minimum atomic E-state index is -0.0198. The Hall–Kier alpha value is -1.13. The minimum Gasteiger partial charge on any atom is -0.384 e. The van der Waals surface area contributed by atoms with E-state index in [2.05, 4.69) is 17.2 Å². The van der Waals surface area contributed by atoms with Crippen LogP contribution in [0.5, 0.6) is 0 Å². The normalized spacial score (nSPS) is 19.5. The number of hydrogen-bond donors (Lipinski definition) is 2. The van der Waals surface area contributed by atoms with E-state index in [0.29, 0.717) is 11.9 Å². The van der Waals surface area contributed by atoms with Crippen LogP contribution in [0.4, 0.5) is 5.82 Å². The van der Waals surface area contributed by atoms with Crippen LogP contribution in [0.25, 0.3) is 0 Å². The minimum absolute atomic E-state index is 0.0198. The number of nitrogens with zero attached hydrogens (tertiary/aromatic N) is 1. The largest absolute Gasteiger partial charge is 0.384 e. The quantitative estimate of drug-likeness (QED) is 0.825. The number of aromatic nitrogens is 1. The molecule has 1 aliphatic rings. The van der Waals surface area contributed by atoms with Crippen molar-refractivity contribution in [1.82, 2.24) is 10.3 Å². The molecule has 0 radical (unpaired) electrons. The molecule has 106 valence electrons. The van der Waals surface area contributed by atoms with Gasteiger partial charge in [-0.3, -0.25) is 0 Å². The number of pyridine rings is 1. The molecule has 0 aliphatic heterocycles. The molecular weight excluding hydrogens is 238 g/mol. The molecule has 0 aromatic carbocycles. The number of nitrogen functional groups attached to an aromatic ring is 1. The van der Waals surface area contributed by atoms with E-state index in [1.54, 1.807) is 6.20 Å². The standard InChI is InChI=1S/C15H25N3O/c1-3-17-13(15(19-2)7-4-5-8-15)10-12-6-9-18-14(16)11-12/h6,9,11,13,17H,3-5,7-8,10H2,1-2H3,(H2,16,18). The summed E-state index contributed by atoms with van der Waals surface area (Å²) in [5.74, 6) is 0.589. The average Bonchev–Trinajstić information content (AvgIpc) is 2.88. The summed E-state index contributed by atoms with van der Waals surface area (Å²) in [7, 11) is 1.84. The zero-order valence-corrected chi connectivity index (χ0v) is 12.0. The Balaban J connectivity index is 2.15. The zero-order valence-electron chi connectivity index (χ0n) is 12.0. The first kappa shape index (κ1) is 14.3. The Bertz CT molecular complexity index is 402. The monoisotopic (exact) mass is 263 g/mol. The second kappa shape index (κ2) is 6.35. The molecule has 1 heterocycles. The Morgan fingerprint density at radius 2 is 2.21 bits per heavy atom. The number of nitrogens with one attached hydrogen (secondary N) is 1. The van der Waals surface area contributed by atoms with Crippen LogP contribution in [0.3, 0.4) is 0 Å². The third-order valence-electron chi connectivity index (χ3n) is 4.23. The van der Waals surface area contributed by atoms with Crippen LogP contribution in [0, 0.1) is 0 Å². The number of nitrogens with two attached hydrogens (primary N) is 1. The van der Waals surface area contributed by atoms with E-state index in [-0.39, 0.29) is 5.60 Å². The van der Waals surface area contributed by atoms with E-state index in [1.165, 1.54) is 18.4 Å². The molecule has 19 heavy (non-hydrogen) atoms. The number of anilines is 1. The van der Waals surface area contributed by atoms with E-state index < -0.39 is 0 Å². The molecule has 4 nitrogen and oxygen atoms in total. The van der Waals surface area contributed by atoms with E-state index in [1.807, 2.05) is 19.2 Å². The van der Waals surface area contributed by atoms with Crippen LogP contribution >= 0.6 is 0 Å². The SMILES string of the molecule is CCNC(Cc1ccnc(N)c1)C1(OC)CCCC1. The summed E-state index contributed by atoms with van der Waals surface area (Å²) >= 11 is 0. The van der Waals surface area contributed by atoms with Crippen molar-refractivity contribution in [2.45, 2.75) is 50.7 Å². The van der Waals surface area contributed by atoms with Crippen molar-refractivity contribution in [3.05, 3.63) is 23.9 Å². The van der Waals surface area contributed by atoms with Gasteiger partial charge in [-0.25, -0.2) is 4.98 Å². The van der Waals surface area contributed by atoms with Crippen molar-refractivity contribution in [3.8, 4) is 0 Å². The maximum Gasteiger partial charge on any atom is 0.123 e. The molecule has 0 amide bonds. The molecule has 2 rings (SSSR count). The van der Waals surface area contributed by atoms with Gasteiger partial charge in [0.05, 0.1) is 5.60 Å². The molecule has 1 aromatic rings. The summed E-state index contributed by atoms with van der Waals surface area (Å²) in [4.78, 5) is 4.05. The number of ether oxygens (including phenoxy) is 1. The van der Waals surface area contributed by atoms with Gasteiger partial charge in [-0.05, 0) is 43.5 Å². The number of hydrogen-bond acceptors (Lipinski definition) is 4. The van der Waals surface area contributed by atoms with Crippen molar-refractivity contribution in [2.24, 2.45) is 0 Å². The predicted molar refractivity (Wildman–Crippen MR) is 78.0 cm³/mol. The first-order valence-electron chi connectivity index (χ1n) is 7.19. The summed E-state index contributed by atoms with van der Waals surface area (Å²) in [6, 6.07) is 4.34. The third kappa shape index (κ3) is 3.25. The molecule has 1 fully saturated rings. The lowest BCUT2D eigenvalue weighted by Gasteiger charge is -2.37. The third-order valence-corrected chi connectivity index (χ3v) is 4.23. The molecule has 1 aliphatic carbocycles. The summed E-state index contributed by atoms with van der Waals surface area (Å²) in [5.41, 5.74) is 6.97. The molecule has 4 heteroatoms. The van der Waals surface area contributed by atoms with Gasteiger partial charge in [-0.1, -0.05) is 19.8 Å². The fourth-order valence-corrected chi connectivity index (χ4v) is 3.22. The Labute approximate surface area is 115 Å². The van der Waals surface area contributed by atoms with Crippen LogP contribution in [0.15, 0.2) is 18.3 Å². The lowest BCUT2D eigenvalue weighted by Crippen LogP contribution is -2.51. The highest BCUT2D eigenvalue weighted by atomic mass is 16.5. The van der Waals surface area contributed by atoms with E-state index >= 15 is 0 Å². The first-order chi connectivity index (χ1) is 9.20. The van der Waals surface area contributed by atoms with Crippen LogP contribution < -0.4 is 11.1 Å². The fraction of sp³-hybridized carbons (Fsp3) is 0.667. The van der Waals surface area contributed by atoms with Gasteiger partial charge in [0.1, 0.15) is 5.82 Å². The highest BCUT2D eigenvalue weighted by Crippen LogP contribution is 2.36. The van der Waals surface area contributed by atoms with E-state index in [0.717, 1.165) is 25.8 Å². The smallest absolute Gasteiger partial charge is 0.123 e. The summed E-state index contributed by atoms with van der Waals surface area (Å²) in [6.07, 6.45) is 7.52. The van der Waals surface area contributed by atoms with Gasteiger partial charge in [-0.2, -0.15) is 0 Å². The van der Waals surface area contributed by atoms with Crippen molar-refractivity contribution in [1.29, 1.82) is 0 Å². The first-order valence-corrected chi connectivity index (χ1v) is 7.19. The molecule has 0 saturated heterocycles. The predicted octanol–water partition coefficient (Wildman–Crippen LogP) is 2.14. The van der Waals surface area contributed by atoms with Gasteiger partial charge in [0.15, 0.2) is 0 Å². The fourth-order valence-electron chi connectivity index (χ4n) is 3.22. The second-order valence-electron chi connectivity index (χ2n) is 5.38. The molecule has 1 saturated carbocycles. The molecule has 0 bridgehead atoms. The maximum atomic E-state index is 5.91. The van der Waals surface area contributed by atoms with Crippen molar-refractivity contribution < 1.29 is 4.74 Å². The van der Waals surface area contributed by atoms with Crippen LogP contribution in [-0.4, -0.2) is 30.3 Å². The second-order valence-corrected chi connectivity index (χ2v) is 5.38. The molecule has 1 aromatic heterocycles. The zero-order chi connectivity index (χ0) is 13.7. The number of likely N-dealkylation sites (N-methyl/N-ethyl adjacent to an activating group) is 1. The maximum absolute atomic E-state index is 5.91. The van der Waals surface area contributed by atoms with Crippen LogP contribution in [-0.2, 0) is 11.2 Å². The van der Waals surface area contributed by atoms with Gasteiger partial charge >= 0.3 is 0 Å². The van der Waals surface area contributed by atoms with Crippen LogP contribution in [0.2, 0.25) is 0 Å². The summed E-state index contributed by atoms with van der Waals surface area (Å²) < 4.78 is 5.91. The molecule has 3 N–H and O–H groups in total. The van der Waals surface area contributed by atoms with E-state index in [4.69, 9.17) is 10.5 Å². The highest BCUT2D eigenvalue weighted by molar-refractivity contribution is 5.32. The Morgan fingerprint density at radius 3 is 2.79 bits per heavy atom. The molecule has 0 spiro atoms. The number of methoxy groups -OCH3 is 1. The lowest BCUT2D eigenvalue weighted by molar-refractivity contribution is -0.0351. The summed E-state index contributed by atoms with van der Waals surface area (Å²) in [5, 5.41) is 3.60. The van der Waals surface area contributed by atoms with Gasteiger partial charge in [0.2, 0.25) is 0 Å². The molecule has 1 unspecified atom stereocenters.